The van der Waals surface area contributed by atoms with E-state index in [1.807, 2.05) is 54.7 Å². The second-order valence-electron chi connectivity index (χ2n) is 8.82. The lowest BCUT2D eigenvalue weighted by Crippen LogP contribution is -2.33. The number of nitrogens with one attached hydrogen (secondary N) is 1. The van der Waals surface area contributed by atoms with E-state index in [1.165, 1.54) is 17.0 Å². The Hall–Kier alpha value is -4.52. The largest absolute Gasteiger partial charge is 0.508 e. The lowest BCUT2D eigenvalue weighted by atomic mass is 9.93. The molecule has 182 valence electrons. The van der Waals surface area contributed by atoms with Crippen LogP contribution in [0.25, 0.3) is 10.9 Å². The van der Waals surface area contributed by atoms with Crippen molar-refractivity contribution in [3.63, 3.8) is 0 Å². The fraction of sp³-hybridized carbons (Fsp3) is 0.172. The van der Waals surface area contributed by atoms with Crippen LogP contribution in [-0.4, -0.2) is 45.4 Å². The number of ether oxygens (including phenoxy) is 1. The highest BCUT2D eigenvalue weighted by Crippen LogP contribution is 2.39. The van der Waals surface area contributed by atoms with Gasteiger partial charge < -0.3 is 24.8 Å². The lowest BCUT2D eigenvalue weighted by Gasteiger charge is -2.27. The van der Waals surface area contributed by atoms with Gasteiger partial charge in [-0.2, -0.15) is 0 Å². The number of aromatic nitrogens is 1. The fourth-order valence-electron chi connectivity index (χ4n) is 4.78. The van der Waals surface area contributed by atoms with Gasteiger partial charge in [0.2, 0.25) is 0 Å². The molecule has 1 aromatic heterocycles. The molecule has 5 rings (SSSR count). The first-order valence-corrected chi connectivity index (χ1v) is 11.7. The third kappa shape index (κ3) is 4.31. The van der Waals surface area contributed by atoms with Gasteiger partial charge in [0.1, 0.15) is 11.5 Å². The number of hydrogen-bond donors (Lipinski definition) is 3. The van der Waals surface area contributed by atoms with Crippen LogP contribution in [0.1, 0.15) is 22.7 Å². The van der Waals surface area contributed by atoms with E-state index in [4.69, 9.17) is 4.74 Å². The van der Waals surface area contributed by atoms with Crippen molar-refractivity contribution in [3.05, 3.63) is 107 Å². The smallest absolute Gasteiger partial charge is 0.290 e. The number of aliphatic hydroxyl groups is 1. The van der Waals surface area contributed by atoms with Gasteiger partial charge in [-0.05, 0) is 53.4 Å². The number of nitrogens with zero attached hydrogens (tertiary/aromatic N) is 1. The molecule has 0 saturated heterocycles. The summed E-state index contributed by atoms with van der Waals surface area (Å²) in [6.07, 6.45) is 2.47. The first-order valence-electron chi connectivity index (χ1n) is 11.7. The Bertz CT molecular complexity index is 1450. The van der Waals surface area contributed by atoms with E-state index >= 15 is 0 Å². The van der Waals surface area contributed by atoms with E-state index in [0.29, 0.717) is 12.0 Å². The summed E-state index contributed by atoms with van der Waals surface area (Å²) in [5.41, 5.74) is 3.46. The normalized spacial score (nSPS) is 15.6. The Kier molecular flexibility index (Phi) is 6.21. The fourth-order valence-corrected chi connectivity index (χ4v) is 4.78. The number of fused-ring (bicyclic) bond motifs is 1. The van der Waals surface area contributed by atoms with Gasteiger partial charge in [-0.25, -0.2) is 0 Å². The highest BCUT2D eigenvalue weighted by molar-refractivity contribution is 6.09. The molecule has 0 radical (unpaired) electrons. The quantitative estimate of drug-likeness (QED) is 0.340. The van der Waals surface area contributed by atoms with Crippen LogP contribution in [0, 0.1) is 0 Å². The topological polar surface area (TPSA) is 103 Å². The average molecular weight is 483 g/mol. The van der Waals surface area contributed by atoms with Crippen LogP contribution >= 0.6 is 0 Å². The number of Topliss-reactive ketones (excluding diaryl/α,β-unsaturated/α-hetero) is 1. The third-order valence-electron chi connectivity index (χ3n) is 6.62. The molecule has 36 heavy (non-hydrogen) atoms. The minimum absolute atomic E-state index is 0.0676. The molecule has 4 aromatic rings. The number of carbonyl (C=O) groups excluding carboxylic acids is 2. The Labute approximate surface area is 208 Å². The second kappa shape index (κ2) is 9.62. The predicted octanol–water partition coefficient (Wildman–Crippen LogP) is 4.63. The van der Waals surface area contributed by atoms with Crippen LogP contribution in [0.15, 0.2) is 90.3 Å². The number of amides is 1. The van der Waals surface area contributed by atoms with E-state index in [0.717, 1.165) is 27.8 Å². The highest BCUT2D eigenvalue weighted by atomic mass is 16.5. The number of aliphatic hydroxyl groups excluding tert-OH is 1. The van der Waals surface area contributed by atoms with Crippen LogP contribution in [0.3, 0.4) is 0 Å². The standard InChI is InChI=1S/C29H26N2O5/c1-36-22-11-12-24-23(16-22)20(17-30-24)13-14-31-27(19-7-9-21(32)10-8-19)26(28(34)29(31)35)25(33)15-18-5-3-2-4-6-18/h2-12,16-17,27,30,32,34H,13-15H2,1H3. The molecule has 7 nitrogen and oxygen atoms in total. The van der Waals surface area contributed by atoms with Gasteiger partial charge in [-0.3, -0.25) is 9.59 Å². The summed E-state index contributed by atoms with van der Waals surface area (Å²) in [5, 5.41) is 21.6. The van der Waals surface area contributed by atoms with Crippen LogP contribution in [-0.2, 0) is 22.4 Å². The molecule has 1 aliphatic heterocycles. The van der Waals surface area contributed by atoms with Gasteiger partial charge in [0.15, 0.2) is 11.5 Å². The number of ketones is 1. The molecule has 3 aromatic carbocycles. The first kappa shape index (κ1) is 23.2. The summed E-state index contributed by atoms with van der Waals surface area (Å²) in [6, 6.07) is 20.6. The van der Waals surface area contributed by atoms with Gasteiger partial charge in [-0.1, -0.05) is 42.5 Å². The zero-order valence-electron chi connectivity index (χ0n) is 19.8. The highest BCUT2D eigenvalue weighted by Gasteiger charge is 2.43. The molecule has 0 aliphatic carbocycles. The molecular formula is C29H26N2O5. The number of phenolic OH excluding ortho intramolecular Hbond substituents is 1. The number of aromatic amines is 1. The van der Waals surface area contributed by atoms with Gasteiger partial charge >= 0.3 is 0 Å². The summed E-state index contributed by atoms with van der Waals surface area (Å²) in [5.74, 6) is -0.607. The Morgan fingerprint density at radius 2 is 1.78 bits per heavy atom. The molecule has 1 aliphatic rings. The number of H-pyrrole nitrogens is 1. The van der Waals surface area contributed by atoms with Crippen molar-refractivity contribution in [2.75, 3.05) is 13.7 Å². The summed E-state index contributed by atoms with van der Waals surface area (Å²) in [4.78, 5) is 31.4. The molecule has 3 N–H and O–H groups in total. The molecule has 1 unspecified atom stereocenters. The van der Waals surface area contributed by atoms with E-state index in [1.54, 1.807) is 19.2 Å². The number of methoxy groups -OCH3 is 1. The minimum Gasteiger partial charge on any atom is -0.508 e. The Morgan fingerprint density at radius 3 is 2.50 bits per heavy atom. The maximum Gasteiger partial charge on any atom is 0.290 e. The van der Waals surface area contributed by atoms with Crippen molar-refractivity contribution in [1.29, 1.82) is 0 Å². The maximum atomic E-state index is 13.4. The molecule has 2 heterocycles. The van der Waals surface area contributed by atoms with E-state index < -0.39 is 17.7 Å². The number of aromatic hydroxyl groups is 1. The van der Waals surface area contributed by atoms with Crippen molar-refractivity contribution >= 4 is 22.6 Å². The Balaban J connectivity index is 1.47. The van der Waals surface area contributed by atoms with Crippen molar-refractivity contribution in [3.8, 4) is 11.5 Å². The third-order valence-corrected chi connectivity index (χ3v) is 6.62. The van der Waals surface area contributed by atoms with E-state index in [-0.39, 0.29) is 30.1 Å². The number of rotatable bonds is 8. The molecule has 0 spiro atoms. The summed E-state index contributed by atoms with van der Waals surface area (Å²) >= 11 is 0. The van der Waals surface area contributed by atoms with Crippen molar-refractivity contribution in [2.45, 2.75) is 18.9 Å². The molecule has 7 heteroatoms. The molecule has 1 atom stereocenters. The zero-order chi connectivity index (χ0) is 25.2. The summed E-state index contributed by atoms with van der Waals surface area (Å²) in [6.45, 7) is 0.278. The molecule has 0 saturated carbocycles. The molecule has 0 fully saturated rings. The van der Waals surface area contributed by atoms with Gasteiger partial charge in [0, 0.05) is 30.1 Å². The van der Waals surface area contributed by atoms with Gasteiger partial charge in [0.25, 0.3) is 5.91 Å². The lowest BCUT2D eigenvalue weighted by molar-refractivity contribution is -0.129. The van der Waals surface area contributed by atoms with E-state index in [9.17, 15) is 19.8 Å². The number of phenols is 1. The van der Waals surface area contributed by atoms with Crippen LogP contribution in [0.5, 0.6) is 11.5 Å². The maximum absolute atomic E-state index is 13.4. The van der Waals surface area contributed by atoms with Crippen molar-refractivity contribution in [1.82, 2.24) is 9.88 Å². The van der Waals surface area contributed by atoms with Crippen LogP contribution < -0.4 is 4.74 Å². The second-order valence-corrected chi connectivity index (χ2v) is 8.82. The minimum atomic E-state index is -0.756. The van der Waals surface area contributed by atoms with Gasteiger partial charge in [-0.15, -0.1) is 0 Å². The molecular weight excluding hydrogens is 456 g/mol. The first-order chi connectivity index (χ1) is 17.5. The Morgan fingerprint density at radius 1 is 1.03 bits per heavy atom. The number of hydrogen-bond acceptors (Lipinski definition) is 5. The van der Waals surface area contributed by atoms with Crippen LogP contribution in [0.4, 0.5) is 0 Å². The SMILES string of the molecule is COc1ccc2[nH]cc(CCN3C(=O)C(O)=C(C(=O)Cc4ccccc4)C3c3ccc(O)cc3)c2c1. The molecule has 0 bridgehead atoms. The van der Waals surface area contributed by atoms with E-state index in [2.05, 4.69) is 4.98 Å². The van der Waals surface area contributed by atoms with Crippen molar-refractivity contribution < 1.29 is 24.5 Å². The number of benzene rings is 3. The number of carbonyl (C=O) groups is 2. The predicted molar refractivity (Wildman–Crippen MR) is 136 cm³/mol. The monoisotopic (exact) mass is 482 g/mol. The summed E-state index contributed by atoms with van der Waals surface area (Å²) < 4.78 is 5.35. The summed E-state index contributed by atoms with van der Waals surface area (Å²) in [7, 11) is 1.61. The average Bonchev–Trinajstić information content (AvgIpc) is 3.41. The molecule has 1 amide bonds. The van der Waals surface area contributed by atoms with Crippen LogP contribution in [0.2, 0.25) is 0 Å². The zero-order valence-corrected chi connectivity index (χ0v) is 19.8. The van der Waals surface area contributed by atoms with Crippen molar-refractivity contribution in [2.24, 2.45) is 0 Å². The van der Waals surface area contributed by atoms with Gasteiger partial charge in [0.05, 0.1) is 18.7 Å².